The van der Waals surface area contributed by atoms with Gasteiger partial charge in [-0.3, -0.25) is 25.2 Å². The maximum atomic E-state index is 11.8. The molecule has 11 nitrogen and oxygen atoms in total. The van der Waals surface area contributed by atoms with Crippen LogP contribution in [0.3, 0.4) is 0 Å². The van der Waals surface area contributed by atoms with E-state index in [0.717, 1.165) is 60.0 Å². The SMILES string of the molecule is COc1ccc2c(c1)C(=O)N(C)C2.N=C(c1ccc2oc(C3NC(=O)NC3=O)cc2c1)N1CCN(C2CCC2)CC1. The van der Waals surface area contributed by atoms with Crippen LogP contribution in [-0.4, -0.2) is 84.8 Å². The van der Waals surface area contributed by atoms with E-state index in [-0.39, 0.29) is 5.91 Å². The molecule has 2 aromatic carbocycles. The summed E-state index contributed by atoms with van der Waals surface area (Å²) in [5.74, 6) is 1.32. The van der Waals surface area contributed by atoms with Gasteiger partial charge < -0.3 is 24.3 Å². The van der Waals surface area contributed by atoms with Crippen LogP contribution in [0.5, 0.6) is 5.75 Å². The fraction of sp³-hybridized carbons (Fsp3) is 0.400. The van der Waals surface area contributed by atoms with E-state index in [1.807, 2.05) is 30.3 Å². The van der Waals surface area contributed by atoms with Crippen molar-refractivity contribution in [1.82, 2.24) is 25.3 Å². The van der Waals surface area contributed by atoms with E-state index < -0.39 is 18.0 Å². The Hall–Kier alpha value is -4.38. The highest BCUT2D eigenvalue weighted by Crippen LogP contribution is 2.29. The average molecular weight is 559 g/mol. The number of fused-ring (bicyclic) bond motifs is 2. The lowest BCUT2D eigenvalue weighted by atomic mass is 9.91. The first-order valence-electron chi connectivity index (χ1n) is 14.0. The molecule has 11 heteroatoms. The van der Waals surface area contributed by atoms with Crippen molar-refractivity contribution in [1.29, 1.82) is 5.41 Å². The number of nitrogens with zero attached hydrogens (tertiary/aromatic N) is 3. The van der Waals surface area contributed by atoms with Crippen LogP contribution >= 0.6 is 0 Å². The largest absolute Gasteiger partial charge is 0.497 e. The third kappa shape index (κ3) is 5.24. The Morgan fingerprint density at radius 2 is 1.80 bits per heavy atom. The van der Waals surface area contributed by atoms with E-state index in [2.05, 4.69) is 20.4 Å². The first-order valence-corrected chi connectivity index (χ1v) is 14.0. The van der Waals surface area contributed by atoms with Gasteiger partial charge in [-0.05, 0) is 54.8 Å². The Morgan fingerprint density at radius 3 is 2.46 bits per heavy atom. The van der Waals surface area contributed by atoms with Crippen LogP contribution in [0.25, 0.3) is 11.0 Å². The second kappa shape index (κ2) is 10.9. The van der Waals surface area contributed by atoms with Gasteiger partial charge in [0.2, 0.25) is 0 Å². The van der Waals surface area contributed by atoms with Gasteiger partial charge in [0.25, 0.3) is 11.8 Å². The first kappa shape index (κ1) is 26.8. The maximum absolute atomic E-state index is 11.8. The van der Waals surface area contributed by atoms with E-state index in [4.69, 9.17) is 14.6 Å². The van der Waals surface area contributed by atoms with E-state index >= 15 is 0 Å². The number of imide groups is 1. The van der Waals surface area contributed by atoms with Crippen molar-refractivity contribution in [2.45, 2.75) is 37.9 Å². The van der Waals surface area contributed by atoms with Gasteiger partial charge in [0.05, 0.1) is 7.11 Å². The Labute approximate surface area is 237 Å². The Bertz CT molecular complexity index is 1520. The average Bonchev–Trinajstić information content (AvgIpc) is 3.61. The van der Waals surface area contributed by atoms with Crippen LogP contribution in [0.15, 0.2) is 46.9 Å². The molecule has 4 aliphatic rings. The summed E-state index contributed by atoms with van der Waals surface area (Å²) in [5, 5.41) is 14.2. The zero-order chi connectivity index (χ0) is 28.7. The van der Waals surface area contributed by atoms with E-state index in [0.29, 0.717) is 23.7 Å². The summed E-state index contributed by atoms with van der Waals surface area (Å²) in [6, 6.07) is 12.4. The van der Waals surface area contributed by atoms with E-state index in [9.17, 15) is 14.4 Å². The molecule has 1 saturated carbocycles. The lowest BCUT2D eigenvalue weighted by molar-refractivity contribution is -0.120. The molecule has 4 heterocycles. The molecule has 7 rings (SSSR count). The highest BCUT2D eigenvalue weighted by atomic mass is 16.5. The lowest BCUT2D eigenvalue weighted by Crippen LogP contribution is -2.53. The van der Waals surface area contributed by atoms with Crippen LogP contribution in [0.2, 0.25) is 0 Å². The van der Waals surface area contributed by atoms with Crippen molar-refractivity contribution in [3.05, 3.63) is 64.9 Å². The molecule has 3 fully saturated rings. The van der Waals surface area contributed by atoms with Gasteiger partial charge in [-0.15, -0.1) is 0 Å². The lowest BCUT2D eigenvalue weighted by Gasteiger charge is -2.43. The minimum absolute atomic E-state index is 0.0777. The van der Waals surface area contributed by atoms with Crippen LogP contribution in [-0.2, 0) is 11.3 Å². The molecule has 0 bridgehead atoms. The van der Waals surface area contributed by atoms with Gasteiger partial charge in [0.1, 0.15) is 22.9 Å². The fourth-order valence-corrected chi connectivity index (χ4v) is 5.77. The number of ether oxygens (including phenoxy) is 1. The number of carbonyl (C=O) groups is 3. The number of methoxy groups -OCH3 is 1. The molecule has 1 aromatic heterocycles. The Balaban J connectivity index is 0.000000195. The summed E-state index contributed by atoms with van der Waals surface area (Å²) in [4.78, 5) is 41.1. The van der Waals surface area contributed by atoms with E-state index in [1.54, 1.807) is 31.2 Å². The first-order chi connectivity index (χ1) is 19.8. The summed E-state index contributed by atoms with van der Waals surface area (Å²) in [6.07, 6.45) is 3.98. The molecule has 0 radical (unpaired) electrons. The van der Waals surface area contributed by atoms with Crippen molar-refractivity contribution in [2.75, 3.05) is 40.3 Å². The fourth-order valence-electron chi connectivity index (χ4n) is 5.77. The number of piperazine rings is 1. The number of amides is 4. The molecule has 3 aromatic rings. The number of hydrogen-bond donors (Lipinski definition) is 3. The molecule has 1 unspecified atom stereocenters. The number of carbonyl (C=O) groups excluding carboxylic acids is 3. The molecule has 3 N–H and O–H groups in total. The van der Waals surface area contributed by atoms with Crippen LogP contribution in [0.4, 0.5) is 4.79 Å². The molecular weight excluding hydrogens is 524 g/mol. The highest BCUT2D eigenvalue weighted by molar-refractivity contribution is 6.05. The summed E-state index contributed by atoms with van der Waals surface area (Å²) in [7, 11) is 3.40. The summed E-state index contributed by atoms with van der Waals surface area (Å²) < 4.78 is 10.8. The van der Waals surface area contributed by atoms with Crippen LogP contribution in [0.1, 0.15) is 52.5 Å². The minimum Gasteiger partial charge on any atom is -0.497 e. The molecular formula is C30H34N6O5. The normalized spacial score (nSPS) is 20.7. The molecule has 214 valence electrons. The predicted octanol–water partition coefficient (Wildman–Crippen LogP) is 3.09. The van der Waals surface area contributed by atoms with E-state index in [1.165, 1.54) is 19.3 Å². The number of amidine groups is 1. The topological polar surface area (TPSA) is 131 Å². The number of benzene rings is 2. The standard InChI is InChI=1S/C20H23N5O3.C10H11NO2/c21-18(25-8-6-24(7-9-25)14-2-1-3-14)12-4-5-15-13(10-12)11-16(28-15)17-19(26)23-20(27)22-17;1-11-6-7-3-4-8(13-2)5-9(7)10(11)12/h4-5,10-11,14,17,21H,1-3,6-9H2,(H2,22,23,26,27);3-5H,6H2,1-2H3. The molecule has 3 aliphatic heterocycles. The van der Waals surface area contributed by atoms with Gasteiger partial charge in [0, 0.05) is 62.3 Å². The molecule has 1 aliphatic carbocycles. The highest BCUT2D eigenvalue weighted by Gasteiger charge is 2.34. The Morgan fingerprint density at radius 1 is 1.02 bits per heavy atom. The van der Waals surface area contributed by atoms with Crippen LogP contribution in [0, 0.1) is 5.41 Å². The second-order valence-electron chi connectivity index (χ2n) is 10.9. The number of furan rings is 1. The molecule has 4 amide bonds. The monoisotopic (exact) mass is 558 g/mol. The Kier molecular flexibility index (Phi) is 7.12. The van der Waals surface area contributed by atoms with Crippen molar-refractivity contribution < 1.29 is 23.5 Å². The van der Waals surface area contributed by atoms with Crippen molar-refractivity contribution in [3.63, 3.8) is 0 Å². The van der Waals surface area contributed by atoms with Crippen LogP contribution < -0.4 is 15.4 Å². The van der Waals surface area contributed by atoms with Gasteiger partial charge in [-0.1, -0.05) is 12.5 Å². The van der Waals surface area contributed by atoms with Gasteiger partial charge >= 0.3 is 6.03 Å². The molecule has 2 saturated heterocycles. The minimum atomic E-state index is -0.803. The maximum Gasteiger partial charge on any atom is 0.322 e. The zero-order valence-electron chi connectivity index (χ0n) is 23.2. The van der Waals surface area contributed by atoms with Crippen molar-refractivity contribution in [2.24, 2.45) is 0 Å². The summed E-state index contributed by atoms with van der Waals surface area (Å²) in [6.45, 7) is 4.48. The van der Waals surface area contributed by atoms with Gasteiger partial charge in [-0.25, -0.2) is 4.79 Å². The van der Waals surface area contributed by atoms with Crippen molar-refractivity contribution in [3.8, 4) is 5.75 Å². The molecule has 41 heavy (non-hydrogen) atoms. The zero-order valence-corrected chi connectivity index (χ0v) is 23.2. The molecule has 1 atom stereocenters. The number of nitrogens with one attached hydrogen (secondary N) is 3. The smallest absolute Gasteiger partial charge is 0.322 e. The second-order valence-corrected chi connectivity index (χ2v) is 10.9. The van der Waals surface area contributed by atoms with Crippen molar-refractivity contribution >= 4 is 34.7 Å². The van der Waals surface area contributed by atoms with Gasteiger partial charge in [-0.2, -0.15) is 0 Å². The molecule has 0 spiro atoms. The van der Waals surface area contributed by atoms with Gasteiger partial charge in [0.15, 0.2) is 6.04 Å². The number of urea groups is 1. The summed E-state index contributed by atoms with van der Waals surface area (Å²) in [5.41, 5.74) is 3.31. The third-order valence-electron chi connectivity index (χ3n) is 8.39. The number of hydrogen-bond acceptors (Lipinski definition) is 7. The quantitative estimate of drug-likeness (QED) is 0.255. The third-order valence-corrected chi connectivity index (χ3v) is 8.39. The number of rotatable bonds is 4. The summed E-state index contributed by atoms with van der Waals surface area (Å²) >= 11 is 0. The predicted molar refractivity (Wildman–Crippen MR) is 152 cm³/mol.